The first-order valence-corrected chi connectivity index (χ1v) is 8.02. The zero-order chi connectivity index (χ0) is 16.7. The van der Waals surface area contributed by atoms with E-state index in [9.17, 15) is 5.11 Å². The number of nitrogens with zero attached hydrogens (tertiary/aromatic N) is 2. The van der Waals surface area contributed by atoms with Crippen LogP contribution in [-0.2, 0) is 6.42 Å². The van der Waals surface area contributed by atoms with Crippen molar-refractivity contribution in [1.29, 1.82) is 0 Å². The molecule has 2 heterocycles. The first-order chi connectivity index (χ1) is 11.7. The standard InChI is InChI=1S/C20H18N2O2/c1-3-14-6-7-18-17(11-14)21-20(24-18)16-12-15(10-13(2)19(16)23)22-8-4-5-9-22/h4-12,23H,3H2,1-2H3. The van der Waals surface area contributed by atoms with E-state index in [4.69, 9.17) is 4.42 Å². The Labute approximate surface area is 140 Å². The molecular formula is C20H18N2O2. The van der Waals surface area contributed by atoms with Crippen LogP contribution in [0, 0.1) is 6.92 Å². The highest BCUT2D eigenvalue weighted by molar-refractivity contribution is 5.79. The third kappa shape index (κ3) is 2.36. The summed E-state index contributed by atoms with van der Waals surface area (Å²) in [5.74, 6) is 0.640. The second-order valence-corrected chi connectivity index (χ2v) is 5.92. The summed E-state index contributed by atoms with van der Waals surface area (Å²) in [5, 5.41) is 10.5. The molecule has 0 fully saturated rings. The van der Waals surface area contributed by atoms with E-state index in [1.807, 2.05) is 66.3 Å². The Morgan fingerprint density at radius 1 is 1.12 bits per heavy atom. The largest absolute Gasteiger partial charge is 0.507 e. The van der Waals surface area contributed by atoms with Gasteiger partial charge in [0.25, 0.3) is 0 Å². The van der Waals surface area contributed by atoms with Crippen LogP contribution in [0.25, 0.3) is 28.2 Å². The maximum absolute atomic E-state index is 10.5. The maximum Gasteiger partial charge on any atom is 0.231 e. The SMILES string of the molecule is CCc1ccc2oc(-c3cc(-n4cccc4)cc(C)c3O)nc2c1. The summed E-state index contributed by atoms with van der Waals surface area (Å²) in [7, 11) is 0. The maximum atomic E-state index is 10.5. The van der Waals surface area contributed by atoms with E-state index in [2.05, 4.69) is 11.9 Å². The molecule has 4 heteroatoms. The Morgan fingerprint density at radius 2 is 1.92 bits per heavy atom. The highest BCUT2D eigenvalue weighted by Gasteiger charge is 2.16. The highest BCUT2D eigenvalue weighted by Crippen LogP contribution is 2.35. The molecule has 120 valence electrons. The van der Waals surface area contributed by atoms with Crippen LogP contribution in [0.15, 0.2) is 59.3 Å². The third-order valence-corrected chi connectivity index (χ3v) is 4.28. The zero-order valence-corrected chi connectivity index (χ0v) is 13.7. The van der Waals surface area contributed by atoms with E-state index in [-0.39, 0.29) is 5.75 Å². The summed E-state index contributed by atoms with van der Waals surface area (Å²) in [6.07, 6.45) is 4.88. The molecule has 0 atom stereocenters. The number of phenols is 1. The van der Waals surface area contributed by atoms with Crippen LogP contribution in [0.4, 0.5) is 0 Å². The van der Waals surface area contributed by atoms with Crippen LogP contribution in [-0.4, -0.2) is 14.7 Å². The molecule has 0 saturated carbocycles. The quantitative estimate of drug-likeness (QED) is 0.587. The van der Waals surface area contributed by atoms with Crippen molar-refractivity contribution in [3.05, 3.63) is 66.0 Å². The molecule has 24 heavy (non-hydrogen) atoms. The smallest absolute Gasteiger partial charge is 0.231 e. The van der Waals surface area contributed by atoms with Gasteiger partial charge in [0.05, 0.1) is 5.56 Å². The van der Waals surface area contributed by atoms with Gasteiger partial charge in [-0.3, -0.25) is 0 Å². The molecule has 0 amide bonds. The first-order valence-electron chi connectivity index (χ1n) is 8.02. The van der Waals surface area contributed by atoms with E-state index in [0.29, 0.717) is 11.5 Å². The van der Waals surface area contributed by atoms with E-state index in [0.717, 1.165) is 28.8 Å². The lowest BCUT2D eigenvalue weighted by molar-refractivity contribution is 0.470. The van der Waals surface area contributed by atoms with Crippen molar-refractivity contribution in [1.82, 2.24) is 9.55 Å². The van der Waals surface area contributed by atoms with Gasteiger partial charge in [0.15, 0.2) is 5.58 Å². The summed E-state index contributed by atoms with van der Waals surface area (Å²) in [5.41, 5.74) is 5.10. The van der Waals surface area contributed by atoms with Gasteiger partial charge in [-0.05, 0) is 60.9 Å². The number of aromatic nitrogens is 2. The molecule has 2 aromatic carbocycles. The van der Waals surface area contributed by atoms with Crippen molar-refractivity contribution in [3.63, 3.8) is 0 Å². The van der Waals surface area contributed by atoms with Crippen LogP contribution >= 0.6 is 0 Å². The Morgan fingerprint density at radius 3 is 2.67 bits per heavy atom. The molecular weight excluding hydrogens is 300 g/mol. The number of hydrogen-bond donors (Lipinski definition) is 1. The van der Waals surface area contributed by atoms with Crippen LogP contribution in [0.2, 0.25) is 0 Å². The molecule has 0 spiro atoms. The van der Waals surface area contributed by atoms with E-state index >= 15 is 0 Å². The second kappa shape index (κ2) is 5.57. The highest BCUT2D eigenvalue weighted by atomic mass is 16.3. The molecule has 0 bridgehead atoms. The van der Waals surface area contributed by atoms with Crippen molar-refractivity contribution in [2.45, 2.75) is 20.3 Å². The number of phenolic OH excluding ortho intramolecular Hbond substituents is 1. The number of rotatable bonds is 3. The topological polar surface area (TPSA) is 51.2 Å². The fraction of sp³-hybridized carbons (Fsp3) is 0.150. The van der Waals surface area contributed by atoms with E-state index in [1.165, 1.54) is 5.56 Å². The Hall–Kier alpha value is -3.01. The molecule has 4 nitrogen and oxygen atoms in total. The number of aryl methyl sites for hydroxylation is 2. The van der Waals surface area contributed by atoms with Crippen molar-refractivity contribution in [2.75, 3.05) is 0 Å². The van der Waals surface area contributed by atoms with Gasteiger partial charge in [-0.25, -0.2) is 4.98 Å². The molecule has 2 aromatic heterocycles. The number of hydrogen-bond acceptors (Lipinski definition) is 3. The molecule has 0 saturated heterocycles. The van der Waals surface area contributed by atoms with Gasteiger partial charge in [-0.15, -0.1) is 0 Å². The van der Waals surface area contributed by atoms with Gasteiger partial charge >= 0.3 is 0 Å². The normalized spacial score (nSPS) is 11.2. The minimum atomic E-state index is 0.202. The van der Waals surface area contributed by atoms with Crippen LogP contribution in [0.5, 0.6) is 5.75 Å². The molecule has 1 N–H and O–H groups in total. The van der Waals surface area contributed by atoms with Gasteiger partial charge in [0, 0.05) is 18.1 Å². The number of fused-ring (bicyclic) bond motifs is 1. The fourth-order valence-corrected chi connectivity index (χ4v) is 2.89. The first kappa shape index (κ1) is 14.6. The van der Waals surface area contributed by atoms with Gasteiger partial charge in [-0.2, -0.15) is 0 Å². The molecule has 0 aliphatic carbocycles. The Kier molecular flexibility index (Phi) is 3.38. The van der Waals surface area contributed by atoms with Crippen molar-refractivity contribution >= 4 is 11.1 Å². The Bertz CT molecular complexity index is 1010. The van der Waals surface area contributed by atoms with Gasteiger partial charge in [0.2, 0.25) is 5.89 Å². The molecule has 0 aliphatic rings. The van der Waals surface area contributed by atoms with E-state index < -0.39 is 0 Å². The summed E-state index contributed by atoms with van der Waals surface area (Å²) in [6.45, 7) is 3.99. The van der Waals surface area contributed by atoms with Gasteiger partial charge in [-0.1, -0.05) is 13.0 Å². The predicted molar refractivity (Wildman–Crippen MR) is 94.6 cm³/mol. The minimum absolute atomic E-state index is 0.202. The van der Waals surface area contributed by atoms with Crippen LogP contribution in [0.1, 0.15) is 18.1 Å². The molecule has 4 aromatic rings. The van der Waals surface area contributed by atoms with Crippen LogP contribution in [0.3, 0.4) is 0 Å². The molecule has 0 aliphatic heterocycles. The lowest BCUT2D eigenvalue weighted by atomic mass is 10.1. The van der Waals surface area contributed by atoms with Crippen molar-refractivity contribution in [3.8, 4) is 22.9 Å². The number of aromatic hydroxyl groups is 1. The lowest BCUT2D eigenvalue weighted by Gasteiger charge is -2.09. The predicted octanol–water partition coefficient (Wildman–Crippen LogP) is 4.86. The summed E-state index contributed by atoms with van der Waals surface area (Å²) in [4.78, 5) is 4.58. The molecule has 4 rings (SSSR count). The van der Waals surface area contributed by atoms with Gasteiger partial charge < -0.3 is 14.1 Å². The zero-order valence-electron chi connectivity index (χ0n) is 13.7. The van der Waals surface area contributed by atoms with Gasteiger partial charge in [0.1, 0.15) is 11.3 Å². The summed E-state index contributed by atoms with van der Waals surface area (Å²) >= 11 is 0. The van der Waals surface area contributed by atoms with Crippen molar-refractivity contribution < 1.29 is 9.52 Å². The number of oxazole rings is 1. The third-order valence-electron chi connectivity index (χ3n) is 4.28. The molecule has 0 unspecified atom stereocenters. The average Bonchev–Trinajstić information content (AvgIpc) is 3.25. The minimum Gasteiger partial charge on any atom is -0.507 e. The Balaban J connectivity index is 1.89. The average molecular weight is 318 g/mol. The summed E-state index contributed by atoms with van der Waals surface area (Å²) in [6, 6.07) is 13.8. The second-order valence-electron chi connectivity index (χ2n) is 5.92. The van der Waals surface area contributed by atoms with Crippen LogP contribution < -0.4 is 0 Å². The number of benzene rings is 2. The van der Waals surface area contributed by atoms with E-state index in [1.54, 1.807) is 0 Å². The van der Waals surface area contributed by atoms with Crippen molar-refractivity contribution in [2.24, 2.45) is 0 Å². The molecule has 0 radical (unpaired) electrons. The monoisotopic (exact) mass is 318 g/mol. The fourth-order valence-electron chi connectivity index (χ4n) is 2.89. The lowest BCUT2D eigenvalue weighted by Crippen LogP contribution is -1.93. The summed E-state index contributed by atoms with van der Waals surface area (Å²) < 4.78 is 7.88.